The second-order valence-electron chi connectivity index (χ2n) is 5.19. The van der Waals surface area contributed by atoms with Gasteiger partial charge in [-0.1, -0.05) is 13.8 Å². The summed E-state index contributed by atoms with van der Waals surface area (Å²) in [6.07, 6.45) is 1.01. The van der Waals surface area contributed by atoms with Gasteiger partial charge in [0.15, 0.2) is 0 Å². The highest BCUT2D eigenvalue weighted by atomic mass is 16.3. The van der Waals surface area contributed by atoms with Crippen molar-refractivity contribution in [1.82, 2.24) is 9.80 Å². The standard InChI is InChI=1S/C15H23N3O2/c1-3-17(4-2)12-7-8-18(10-12)15(20)11-5-6-13(16)14(19)9-11/h5-6,9,12,19H,3-4,7-8,10,16H2,1-2H3. The lowest BCUT2D eigenvalue weighted by Crippen LogP contribution is -2.38. The number of nitrogen functional groups attached to an aromatic ring is 1. The van der Waals surface area contributed by atoms with E-state index >= 15 is 0 Å². The number of carbonyl (C=O) groups is 1. The molecule has 1 unspecified atom stereocenters. The van der Waals surface area contributed by atoms with Crippen LogP contribution in [0.3, 0.4) is 0 Å². The molecule has 110 valence electrons. The monoisotopic (exact) mass is 277 g/mol. The summed E-state index contributed by atoms with van der Waals surface area (Å²) in [6.45, 7) is 7.83. The number of nitrogens with two attached hydrogens (primary N) is 1. The van der Waals surface area contributed by atoms with Crippen LogP contribution in [0.1, 0.15) is 30.6 Å². The van der Waals surface area contributed by atoms with E-state index in [1.165, 1.54) is 6.07 Å². The van der Waals surface area contributed by atoms with Gasteiger partial charge in [-0.25, -0.2) is 0 Å². The third-order valence-corrected chi connectivity index (χ3v) is 4.06. The largest absolute Gasteiger partial charge is 0.506 e. The van der Waals surface area contributed by atoms with Crippen LogP contribution in [-0.2, 0) is 0 Å². The maximum atomic E-state index is 12.4. The maximum absolute atomic E-state index is 12.4. The van der Waals surface area contributed by atoms with Gasteiger partial charge in [-0.15, -0.1) is 0 Å². The Morgan fingerprint density at radius 3 is 2.75 bits per heavy atom. The van der Waals surface area contributed by atoms with E-state index < -0.39 is 0 Å². The van der Waals surface area contributed by atoms with Crippen LogP contribution in [0.4, 0.5) is 5.69 Å². The molecule has 2 rings (SSSR count). The minimum Gasteiger partial charge on any atom is -0.506 e. The molecule has 0 spiro atoms. The number of amides is 1. The normalized spacial score (nSPS) is 18.8. The van der Waals surface area contributed by atoms with Gasteiger partial charge >= 0.3 is 0 Å². The fourth-order valence-corrected chi connectivity index (χ4v) is 2.82. The van der Waals surface area contributed by atoms with Gasteiger partial charge in [0, 0.05) is 24.7 Å². The molecule has 1 fully saturated rings. The summed E-state index contributed by atoms with van der Waals surface area (Å²) in [5, 5.41) is 9.60. The van der Waals surface area contributed by atoms with E-state index in [0.29, 0.717) is 17.3 Å². The molecule has 3 N–H and O–H groups in total. The van der Waals surface area contributed by atoms with Crippen molar-refractivity contribution in [3.05, 3.63) is 23.8 Å². The molecule has 1 saturated heterocycles. The van der Waals surface area contributed by atoms with E-state index in [1.54, 1.807) is 12.1 Å². The highest BCUT2D eigenvalue weighted by Gasteiger charge is 2.29. The summed E-state index contributed by atoms with van der Waals surface area (Å²) in [5.41, 5.74) is 6.35. The molecule has 0 radical (unpaired) electrons. The number of benzene rings is 1. The van der Waals surface area contributed by atoms with E-state index in [9.17, 15) is 9.90 Å². The quantitative estimate of drug-likeness (QED) is 0.647. The zero-order valence-electron chi connectivity index (χ0n) is 12.2. The van der Waals surface area contributed by atoms with Crippen LogP contribution in [0.5, 0.6) is 5.75 Å². The minimum atomic E-state index is -0.0324. The number of aromatic hydroxyl groups is 1. The molecule has 0 aromatic heterocycles. The van der Waals surface area contributed by atoms with Gasteiger partial charge in [-0.2, -0.15) is 0 Å². The first-order valence-corrected chi connectivity index (χ1v) is 7.18. The lowest BCUT2D eigenvalue weighted by Gasteiger charge is -2.26. The van der Waals surface area contributed by atoms with E-state index in [4.69, 9.17) is 5.73 Å². The van der Waals surface area contributed by atoms with Crippen molar-refractivity contribution in [2.45, 2.75) is 26.3 Å². The molecule has 20 heavy (non-hydrogen) atoms. The molecule has 1 amide bonds. The average molecular weight is 277 g/mol. The summed E-state index contributed by atoms with van der Waals surface area (Å²) in [4.78, 5) is 16.6. The van der Waals surface area contributed by atoms with Crippen LogP contribution in [0, 0.1) is 0 Å². The van der Waals surface area contributed by atoms with Crippen LogP contribution >= 0.6 is 0 Å². The third kappa shape index (κ3) is 2.88. The van der Waals surface area contributed by atoms with Crippen molar-refractivity contribution in [2.24, 2.45) is 0 Å². The van der Waals surface area contributed by atoms with Crippen molar-refractivity contribution in [3.8, 4) is 5.75 Å². The number of phenols is 1. The molecule has 0 bridgehead atoms. The van der Waals surface area contributed by atoms with Crippen molar-refractivity contribution >= 4 is 11.6 Å². The molecule has 5 heteroatoms. The summed E-state index contributed by atoms with van der Waals surface area (Å²) in [7, 11) is 0. The molecule has 1 aromatic carbocycles. The van der Waals surface area contributed by atoms with Crippen molar-refractivity contribution in [2.75, 3.05) is 31.9 Å². The minimum absolute atomic E-state index is 0.0321. The highest BCUT2D eigenvalue weighted by molar-refractivity contribution is 5.95. The van der Waals surface area contributed by atoms with Crippen molar-refractivity contribution in [3.63, 3.8) is 0 Å². The first-order valence-electron chi connectivity index (χ1n) is 7.18. The highest BCUT2D eigenvalue weighted by Crippen LogP contribution is 2.23. The van der Waals surface area contributed by atoms with E-state index in [2.05, 4.69) is 18.7 Å². The molecule has 1 atom stereocenters. The van der Waals surface area contributed by atoms with E-state index in [1.807, 2.05) is 4.90 Å². The average Bonchev–Trinajstić information content (AvgIpc) is 2.92. The maximum Gasteiger partial charge on any atom is 0.254 e. The first kappa shape index (κ1) is 14.7. The Balaban J connectivity index is 2.05. The molecule has 5 nitrogen and oxygen atoms in total. The van der Waals surface area contributed by atoms with Gasteiger partial charge in [-0.05, 0) is 37.7 Å². The Hall–Kier alpha value is -1.75. The second kappa shape index (κ2) is 6.13. The first-order chi connectivity index (χ1) is 9.56. The van der Waals surface area contributed by atoms with Crippen molar-refractivity contribution in [1.29, 1.82) is 0 Å². The molecule has 0 saturated carbocycles. The van der Waals surface area contributed by atoms with Crippen LogP contribution in [0.15, 0.2) is 18.2 Å². The number of phenolic OH excluding ortho intramolecular Hbond substituents is 1. The number of hydrogen-bond acceptors (Lipinski definition) is 4. The van der Waals surface area contributed by atoms with Gasteiger partial charge < -0.3 is 15.7 Å². The van der Waals surface area contributed by atoms with Crippen LogP contribution < -0.4 is 5.73 Å². The zero-order valence-corrected chi connectivity index (χ0v) is 12.2. The Labute approximate surface area is 120 Å². The summed E-state index contributed by atoms with van der Waals surface area (Å²) >= 11 is 0. The van der Waals surface area contributed by atoms with Gasteiger partial charge in [0.05, 0.1) is 5.69 Å². The Morgan fingerprint density at radius 1 is 1.45 bits per heavy atom. The number of hydrogen-bond donors (Lipinski definition) is 2. The van der Waals surface area contributed by atoms with Gasteiger partial charge in [0.25, 0.3) is 5.91 Å². The predicted molar refractivity (Wildman–Crippen MR) is 79.7 cm³/mol. The van der Waals surface area contributed by atoms with E-state index in [-0.39, 0.29) is 11.7 Å². The number of anilines is 1. The molecular weight excluding hydrogens is 254 g/mol. The van der Waals surface area contributed by atoms with Crippen LogP contribution in [0.2, 0.25) is 0 Å². The fraction of sp³-hybridized carbons (Fsp3) is 0.533. The number of likely N-dealkylation sites (N-methyl/N-ethyl adjacent to an activating group) is 1. The molecule has 1 aromatic rings. The van der Waals surface area contributed by atoms with Gasteiger partial charge in [0.2, 0.25) is 0 Å². The number of likely N-dealkylation sites (tertiary alicyclic amines) is 1. The predicted octanol–water partition coefficient (Wildman–Crippen LogP) is 1.53. The Kier molecular flexibility index (Phi) is 4.49. The SMILES string of the molecule is CCN(CC)C1CCN(C(=O)c2ccc(N)c(O)c2)C1. The lowest BCUT2D eigenvalue weighted by molar-refractivity contribution is 0.0777. The topological polar surface area (TPSA) is 69.8 Å². The number of nitrogens with zero attached hydrogens (tertiary/aromatic N) is 2. The molecule has 1 aliphatic heterocycles. The number of rotatable bonds is 4. The molecule has 1 heterocycles. The lowest BCUT2D eigenvalue weighted by atomic mass is 10.1. The summed E-state index contributed by atoms with van der Waals surface area (Å²) < 4.78 is 0. The van der Waals surface area contributed by atoms with Crippen LogP contribution in [0.25, 0.3) is 0 Å². The molecule has 0 aliphatic carbocycles. The van der Waals surface area contributed by atoms with Crippen LogP contribution in [-0.4, -0.2) is 53.0 Å². The zero-order chi connectivity index (χ0) is 14.7. The second-order valence-corrected chi connectivity index (χ2v) is 5.19. The Bertz CT molecular complexity index is 486. The van der Waals surface area contributed by atoms with Gasteiger partial charge in [-0.3, -0.25) is 9.69 Å². The fourth-order valence-electron chi connectivity index (χ4n) is 2.82. The third-order valence-electron chi connectivity index (χ3n) is 4.06. The molecular formula is C15H23N3O2. The number of carbonyl (C=O) groups excluding carboxylic acids is 1. The Morgan fingerprint density at radius 2 is 2.15 bits per heavy atom. The summed E-state index contributed by atoms with van der Waals surface area (Å²) in [5.74, 6) is -0.0645. The summed E-state index contributed by atoms with van der Waals surface area (Å²) in [6, 6.07) is 5.13. The smallest absolute Gasteiger partial charge is 0.254 e. The molecule has 1 aliphatic rings. The van der Waals surface area contributed by atoms with Gasteiger partial charge in [0.1, 0.15) is 5.75 Å². The van der Waals surface area contributed by atoms with E-state index in [0.717, 1.165) is 32.6 Å². The van der Waals surface area contributed by atoms with Crippen molar-refractivity contribution < 1.29 is 9.90 Å².